The molecule has 0 radical (unpaired) electrons. The molecule has 1 saturated carbocycles. The highest BCUT2D eigenvalue weighted by Gasteiger charge is 2.24. The van der Waals surface area contributed by atoms with Crippen molar-refractivity contribution >= 4 is 34.5 Å². The van der Waals surface area contributed by atoms with Crippen LogP contribution >= 0.6 is 0 Å². The van der Waals surface area contributed by atoms with E-state index in [0.29, 0.717) is 24.6 Å². The summed E-state index contributed by atoms with van der Waals surface area (Å²) < 4.78 is 1.93. The molecule has 2 aromatic heterocycles. The first kappa shape index (κ1) is 23.0. The number of fused-ring (bicyclic) bond motifs is 1. The number of hydroxylamine groups is 1. The summed E-state index contributed by atoms with van der Waals surface area (Å²) in [6.45, 7) is 1.42. The van der Waals surface area contributed by atoms with Crippen molar-refractivity contribution in [2.75, 3.05) is 19.0 Å². The van der Waals surface area contributed by atoms with Gasteiger partial charge in [0.2, 0.25) is 17.3 Å². The van der Waals surface area contributed by atoms with E-state index in [-0.39, 0.29) is 22.9 Å². The number of amides is 2. The molecule has 3 aromatic rings. The first-order chi connectivity index (χ1) is 17.0. The fraction of sp³-hybridized carbons (Fsp3) is 0.400. The van der Waals surface area contributed by atoms with Crippen molar-refractivity contribution in [3.05, 3.63) is 58.0 Å². The van der Waals surface area contributed by atoms with Crippen LogP contribution < -0.4 is 16.2 Å². The lowest BCUT2D eigenvalue weighted by Gasteiger charge is -2.19. The normalized spacial score (nSPS) is 16.3. The zero-order chi connectivity index (χ0) is 24.4. The van der Waals surface area contributed by atoms with Gasteiger partial charge in [-0.05, 0) is 37.0 Å². The number of hydrogen-bond donors (Lipinski definition) is 2. The minimum absolute atomic E-state index is 0.00244. The van der Waals surface area contributed by atoms with Crippen LogP contribution in [0, 0.1) is 0 Å². The van der Waals surface area contributed by atoms with Crippen molar-refractivity contribution in [3.63, 3.8) is 0 Å². The van der Waals surface area contributed by atoms with E-state index in [0.717, 1.165) is 49.9 Å². The summed E-state index contributed by atoms with van der Waals surface area (Å²) in [6, 6.07) is 7.95. The number of nitrogens with one attached hydrogen (secondary N) is 2. The Bertz CT molecular complexity index is 1310. The largest absolute Gasteiger partial charge is 0.338 e. The molecule has 1 saturated heterocycles. The Morgan fingerprint density at radius 3 is 2.60 bits per heavy atom. The molecule has 0 unspecified atom stereocenters. The van der Waals surface area contributed by atoms with Crippen LogP contribution in [0.5, 0.6) is 0 Å². The molecule has 10 nitrogen and oxygen atoms in total. The number of carbonyl (C=O) groups is 2. The lowest BCUT2D eigenvalue weighted by Crippen LogP contribution is -2.30. The van der Waals surface area contributed by atoms with Gasteiger partial charge in [0.1, 0.15) is 11.2 Å². The van der Waals surface area contributed by atoms with Crippen molar-refractivity contribution in [3.8, 4) is 0 Å². The molecule has 1 aromatic carbocycles. The van der Waals surface area contributed by atoms with Gasteiger partial charge in [0.05, 0.1) is 12.5 Å². The molecule has 2 aliphatic rings. The third-order valence-corrected chi connectivity index (χ3v) is 6.68. The maximum atomic E-state index is 13.0. The molecule has 5 rings (SSSR count). The highest BCUT2D eigenvalue weighted by molar-refractivity contribution is 5.96. The minimum atomic E-state index is -0.593. The van der Waals surface area contributed by atoms with Crippen LogP contribution in [0.25, 0.3) is 11.0 Å². The summed E-state index contributed by atoms with van der Waals surface area (Å²) in [6.07, 6.45) is 8.68. The molecule has 2 N–H and O–H groups in total. The molecule has 2 fully saturated rings. The Morgan fingerprint density at radius 2 is 1.91 bits per heavy atom. The topological polar surface area (TPSA) is 118 Å². The van der Waals surface area contributed by atoms with Crippen LogP contribution in [0.15, 0.2) is 41.5 Å². The molecule has 0 bridgehead atoms. The molecule has 3 heterocycles. The summed E-state index contributed by atoms with van der Waals surface area (Å²) in [5, 5.41) is 3.49. The van der Waals surface area contributed by atoms with Crippen molar-refractivity contribution in [2.24, 2.45) is 0 Å². The second kappa shape index (κ2) is 9.83. The van der Waals surface area contributed by atoms with E-state index in [1.807, 2.05) is 33.7 Å². The second-order valence-corrected chi connectivity index (χ2v) is 9.02. The highest BCUT2D eigenvalue weighted by atomic mass is 16.6. The SMILES string of the molecule is CONC(=O)c1cn(C2CCCC2)c2nc(Nc3ccc(CN4CCCC4=O)cc3)ncc2c1=O. The monoisotopic (exact) mass is 476 g/mol. The third kappa shape index (κ3) is 4.74. The fourth-order valence-electron chi connectivity index (χ4n) is 4.88. The van der Waals surface area contributed by atoms with Gasteiger partial charge in [0.15, 0.2) is 0 Å². The average molecular weight is 477 g/mol. The van der Waals surface area contributed by atoms with Gasteiger partial charge in [-0.2, -0.15) is 4.98 Å². The lowest BCUT2D eigenvalue weighted by atomic mass is 10.1. The summed E-state index contributed by atoms with van der Waals surface area (Å²) in [4.78, 5) is 52.9. The molecule has 1 aliphatic heterocycles. The number of carbonyl (C=O) groups excluding carboxylic acids is 2. The molecule has 35 heavy (non-hydrogen) atoms. The average Bonchev–Trinajstić information content (AvgIpc) is 3.53. The maximum absolute atomic E-state index is 13.0. The molecule has 2 amide bonds. The van der Waals surface area contributed by atoms with Crippen LogP contribution in [0.1, 0.15) is 60.5 Å². The lowest BCUT2D eigenvalue weighted by molar-refractivity contribution is -0.128. The number of anilines is 2. The number of benzene rings is 1. The van der Waals surface area contributed by atoms with E-state index in [1.54, 1.807) is 6.20 Å². The van der Waals surface area contributed by atoms with E-state index < -0.39 is 11.3 Å². The highest BCUT2D eigenvalue weighted by Crippen LogP contribution is 2.31. The number of likely N-dealkylation sites (tertiary alicyclic amines) is 1. The van der Waals surface area contributed by atoms with Gasteiger partial charge in [-0.1, -0.05) is 25.0 Å². The standard InChI is InChI=1S/C25H28N6O4/c1-35-29-24(34)20-15-31(18-5-2-3-6-18)23-19(22(20)33)13-26-25(28-23)27-17-10-8-16(9-11-17)14-30-12-4-7-21(30)32/h8-11,13,15,18H,2-7,12,14H2,1H3,(H,29,34)(H,26,27,28). The van der Waals surface area contributed by atoms with Gasteiger partial charge in [-0.15, -0.1) is 0 Å². The predicted octanol–water partition coefficient (Wildman–Crippen LogP) is 3.06. The van der Waals surface area contributed by atoms with Gasteiger partial charge in [0, 0.05) is 43.6 Å². The van der Waals surface area contributed by atoms with Crippen LogP contribution in [-0.4, -0.2) is 44.9 Å². The van der Waals surface area contributed by atoms with Gasteiger partial charge in [0.25, 0.3) is 5.91 Å². The molecule has 1 aliphatic carbocycles. The summed E-state index contributed by atoms with van der Waals surface area (Å²) in [7, 11) is 1.33. The smallest absolute Gasteiger partial charge is 0.280 e. The Hall–Kier alpha value is -3.79. The quantitative estimate of drug-likeness (QED) is 0.503. The van der Waals surface area contributed by atoms with Crippen LogP contribution in [0.3, 0.4) is 0 Å². The van der Waals surface area contributed by atoms with Gasteiger partial charge in [-0.25, -0.2) is 10.5 Å². The number of hydrogen-bond acceptors (Lipinski definition) is 7. The number of nitrogens with zero attached hydrogens (tertiary/aromatic N) is 4. The van der Waals surface area contributed by atoms with Crippen LogP contribution in [-0.2, 0) is 16.2 Å². The second-order valence-electron chi connectivity index (χ2n) is 9.02. The molecular formula is C25H28N6O4. The van der Waals surface area contributed by atoms with Crippen molar-refractivity contribution in [1.82, 2.24) is 24.9 Å². The van der Waals surface area contributed by atoms with Gasteiger partial charge < -0.3 is 14.8 Å². The minimum Gasteiger partial charge on any atom is -0.338 e. The molecule has 0 atom stereocenters. The zero-order valence-electron chi connectivity index (χ0n) is 19.6. The van der Waals surface area contributed by atoms with E-state index in [9.17, 15) is 14.4 Å². The number of aromatic nitrogens is 3. The first-order valence-electron chi connectivity index (χ1n) is 11.9. The van der Waals surface area contributed by atoms with Crippen molar-refractivity contribution in [2.45, 2.75) is 51.1 Å². The number of pyridine rings is 1. The number of rotatable bonds is 7. The molecule has 0 spiro atoms. The Kier molecular flexibility index (Phi) is 6.45. The Labute approximate surface area is 202 Å². The fourth-order valence-corrected chi connectivity index (χ4v) is 4.88. The summed E-state index contributed by atoms with van der Waals surface area (Å²) in [5.74, 6) is -0.0304. The summed E-state index contributed by atoms with van der Waals surface area (Å²) >= 11 is 0. The van der Waals surface area contributed by atoms with Crippen molar-refractivity contribution < 1.29 is 14.4 Å². The van der Waals surface area contributed by atoms with Gasteiger partial charge >= 0.3 is 0 Å². The first-order valence-corrected chi connectivity index (χ1v) is 11.9. The van der Waals surface area contributed by atoms with E-state index >= 15 is 0 Å². The van der Waals surface area contributed by atoms with E-state index in [4.69, 9.17) is 4.84 Å². The van der Waals surface area contributed by atoms with E-state index in [2.05, 4.69) is 20.8 Å². The van der Waals surface area contributed by atoms with Crippen LogP contribution in [0.2, 0.25) is 0 Å². The van der Waals surface area contributed by atoms with Crippen molar-refractivity contribution in [1.29, 1.82) is 0 Å². The Balaban J connectivity index is 1.43. The Morgan fingerprint density at radius 1 is 1.14 bits per heavy atom. The van der Waals surface area contributed by atoms with Gasteiger partial charge in [-0.3, -0.25) is 19.2 Å². The third-order valence-electron chi connectivity index (χ3n) is 6.68. The van der Waals surface area contributed by atoms with Crippen LogP contribution in [0.4, 0.5) is 11.6 Å². The predicted molar refractivity (Wildman–Crippen MR) is 130 cm³/mol. The summed E-state index contributed by atoms with van der Waals surface area (Å²) in [5.41, 5.74) is 4.15. The molecule has 182 valence electrons. The van der Waals surface area contributed by atoms with E-state index in [1.165, 1.54) is 13.3 Å². The zero-order valence-corrected chi connectivity index (χ0v) is 19.6. The molecular weight excluding hydrogens is 448 g/mol. The maximum Gasteiger partial charge on any atom is 0.280 e. The molecule has 10 heteroatoms.